The molecular formula is C15H14N4O2. The summed E-state index contributed by atoms with van der Waals surface area (Å²) in [6.45, 7) is 2.40. The van der Waals surface area contributed by atoms with E-state index in [4.69, 9.17) is 10.5 Å². The van der Waals surface area contributed by atoms with E-state index < -0.39 is 0 Å². The van der Waals surface area contributed by atoms with Crippen molar-refractivity contribution in [3.05, 3.63) is 46.9 Å². The summed E-state index contributed by atoms with van der Waals surface area (Å²) in [6.07, 6.45) is 1.56. The van der Waals surface area contributed by atoms with Gasteiger partial charge in [-0.2, -0.15) is 0 Å². The lowest BCUT2D eigenvalue weighted by Crippen LogP contribution is -2.11. The summed E-state index contributed by atoms with van der Waals surface area (Å²) >= 11 is 0. The zero-order valence-electron chi connectivity index (χ0n) is 11.5. The molecular weight excluding hydrogens is 268 g/mol. The lowest BCUT2D eigenvalue weighted by atomic mass is 10.1. The van der Waals surface area contributed by atoms with Crippen LogP contribution in [0.2, 0.25) is 0 Å². The van der Waals surface area contributed by atoms with Crippen molar-refractivity contribution in [3.63, 3.8) is 0 Å². The third kappa shape index (κ3) is 2.43. The van der Waals surface area contributed by atoms with Gasteiger partial charge in [-0.1, -0.05) is 0 Å². The first-order chi connectivity index (χ1) is 10.2. The van der Waals surface area contributed by atoms with Gasteiger partial charge in [-0.15, -0.1) is 0 Å². The molecule has 106 valence electrons. The number of nitrogens with two attached hydrogens (primary N) is 1. The minimum absolute atomic E-state index is 0.291. The van der Waals surface area contributed by atoms with Crippen molar-refractivity contribution in [1.82, 2.24) is 15.0 Å². The number of ether oxygens (including phenoxy) is 1. The molecule has 6 nitrogen and oxygen atoms in total. The quantitative estimate of drug-likeness (QED) is 0.716. The van der Waals surface area contributed by atoms with E-state index in [9.17, 15) is 4.79 Å². The Kier molecular flexibility index (Phi) is 3.27. The molecule has 2 heterocycles. The minimum Gasteiger partial charge on any atom is -0.493 e. The van der Waals surface area contributed by atoms with E-state index >= 15 is 0 Å². The van der Waals surface area contributed by atoms with E-state index in [0.717, 1.165) is 0 Å². The molecule has 0 aliphatic carbocycles. The van der Waals surface area contributed by atoms with E-state index in [1.165, 1.54) is 0 Å². The predicted octanol–water partition coefficient (Wildman–Crippen LogP) is 1.97. The number of anilines is 1. The van der Waals surface area contributed by atoms with Crippen LogP contribution >= 0.6 is 0 Å². The van der Waals surface area contributed by atoms with Crippen LogP contribution in [-0.4, -0.2) is 21.6 Å². The predicted molar refractivity (Wildman–Crippen MR) is 81.2 cm³/mol. The molecule has 6 heteroatoms. The van der Waals surface area contributed by atoms with Gasteiger partial charge < -0.3 is 15.5 Å². The molecule has 21 heavy (non-hydrogen) atoms. The van der Waals surface area contributed by atoms with Crippen molar-refractivity contribution in [2.45, 2.75) is 6.92 Å². The third-order valence-electron chi connectivity index (χ3n) is 3.02. The standard InChI is InChI=1S/C15H14N4O2/c1-2-21-12-6-5-9(16)8-10(12)14-18-11-4-3-7-17-13(11)15(20)19-14/h3-8H,2,16H2,1H3,(H,18,19,20). The van der Waals surface area contributed by atoms with Crippen LogP contribution in [0.15, 0.2) is 41.3 Å². The summed E-state index contributed by atoms with van der Waals surface area (Å²) in [5, 5.41) is 0. The van der Waals surface area contributed by atoms with Crippen molar-refractivity contribution in [3.8, 4) is 17.1 Å². The molecule has 3 N–H and O–H groups in total. The summed E-state index contributed by atoms with van der Waals surface area (Å²) < 4.78 is 5.57. The van der Waals surface area contributed by atoms with Crippen LogP contribution in [-0.2, 0) is 0 Å². The number of aromatic nitrogens is 3. The number of hydrogen-bond acceptors (Lipinski definition) is 5. The monoisotopic (exact) mass is 282 g/mol. The summed E-state index contributed by atoms with van der Waals surface area (Å²) in [4.78, 5) is 23.3. The molecule has 0 atom stereocenters. The zero-order chi connectivity index (χ0) is 14.8. The molecule has 0 bridgehead atoms. The first-order valence-electron chi connectivity index (χ1n) is 6.57. The number of pyridine rings is 1. The number of nitrogens with one attached hydrogen (secondary N) is 1. The molecule has 0 saturated heterocycles. The Hall–Kier alpha value is -2.89. The average molecular weight is 282 g/mol. The molecule has 0 fully saturated rings. The second kappa shape index (κ2) is 5.24. The fourth-order valence-electron chi connectivity index (χ4n) is 2.12. The lowest BCUT2D eigenvalue weighted by Gasteiger charge is -2.10. The van der Waals surface area contributed by atoms with Crippen LogP contribution in [0.3, 0.4) is 0 Å². The number of aromatic amines is 1. The number of nitrogen functional groups attached to an aromatic ring is 1. The maximum atomic E-state index is 12.1. The van der Waals surface area contributed by atoms with Crippen LogP contribution < -0.4 is 16.0 Å². The molecule has 3 rings (SSSR count). The summed E-state index contributed by atoms with van der Waals surface area (Å²) in [6, 6.07) is 8.72. The van der Waals surface area contributed by atoms with Gasteiger partial charge in [-0.25, -0.2) is 9.97 Å². The lowest BCUT2D eigenvalue weighted by molar-refractivity contribution is 0.341. The fourth-order valence-corrected chi connectivity index (χ4v) is 2.12. The van der Waals surface area contributed by atoms with Gasteiger partial charge in [0.2, 0.25) is 0 Å². The van der Waals surface area contributed by atoms with E-state index in [0.29, 0.717) is 40.5 Å². The number of hydrogen-bond donors (Lipinski definition) is 2. The van der Waals surface area contributed by atoms with E-state index in [1.54, 1.807) is 36.5 Å². The smallest absolute Gasteiger partial charge is 0.277 e. The molecule has 0 aliphatic rings. The normalized spacial score (nSPS) is 10.7. The van der Waals surface area contributed by atoms with Crippen LogP contribution in [0.4, 0.5) is 5.69 Å². The van der Waals surface area contributed by atoms with Gasteiger partial charge >= 0.3 is 0 Å². The molecule has 0 aliphatic heterocycles. The maximum Gasteiger partial charge on any atom is 0.277 e. The van der Waals surface area contributed by atoms with Gasteiger partial charge in [-0.05, 0) is 37.3 Å². The second-order valence-corrected chi connectivity index (χ2v) is 4.47. The molecule has 0 saturated carbocycles. The van der Waals surface area contributed by atoms with Crippen LogP contribution in [0.5, 0.6) is 5.75 Å². The Balaban J connectivity index is 2.25. The summed E-state index contributed by atoms with van der Waals surface area (Å²) in [5.74, 6) is 1.04. The third-order valence-corrected chi connectivity index (χ3v) is 3.02. The van der Waals surface area contributed by atoms with Crippen molar-refractivity contribution in [1.29, 1.82) is 0 Å². The Morgan fingerprint density at radius 1 is 1.33 bits per heavy atom. The van der Waals surface area contributed by atoms with Crippen molar-refractivity contribution >= 4 is 16.7 Å². The Morgan fingerprint density at radius 3 is 3.00 bits per heavy atom. The van der Waals surface area contributed by atoms with Crippen molar-refractivity contribution in [2.75, 3.05) is 12.3 Å². The largest absolute Gasteiger partial charge is 0.493 e. The molecule has 0 amide bonds. The van der Waals surface area contributed by atoms with Gasteiger partial charge in [0.1, 0.15) is 11.6 Å². The highest BCUT2D eigenvalue weighted by atomic mass is 16.5. The minimum atomic E-state index is -0.291. The van der Waals surface area contributed by atoms with Crippen LogP contribution in [0, 0.1) is 0 Å². The van der Waals surface area contributed by atoms with Gasteiger partial charge in [-0.3, -0.25) is 4.79 Å². The SMILES string of the molecule is CCOc1ccc(N)cc1-c1nc2cccnc2c(=O)[nH]1. The first-order valence-corrected chi connectivity index (χ1v) is 6.57. The highest BCUT2D eigenvalue weighted by Gasteiger charge is 2.12. The highest BCUT2D eigenvalue weighted by molar-refractivity contribution is 5.77. The van der Waals surface area contributed by atoms with E-state index in [1.807, 2.05) is 6.92 Å². The van der Waals surface area contributed by atoms with Gasteiger partial charge in [0.05, 0.1) is 17.7 Å². The molecule has 1 aromatic carbocycles. The number of fused-ring (bicyclic) bond motifs is 1. The maximum absolute atomic E-state index is 12.1. The second-order valence-electron chi connectivity index (χ2n) is 4.47. The highest BCUT2D eigenvalue weighted by Crippen LogP contribution is 2.29. The van der Waals surface area contributed by atoms with Crippen molar-refractivity contribution in [2.24, 2.45) is 0 Å². The average Bonchev–Trinajstić information content (AvgIpc) is 2.49. The Morgan fingerprint density at radius 2 is 2.19 bits per heavy atom. The van der Waals surface area contributed by atoms with Gasteiger partial charge in [0.25, 0.3) is 5.56 Å². The fraction of sp³-hybridized carbons (Fsp3) is 0.133. The molecule has 0 spiro atoms. The van der Waals surface area contributed by atoms with Crippen LogP contribution in [0.25, 0.3) is 22.4 Å². The van der Waals surface area contributed by atoms with Crippen LogP contribution in [0.1, 0.15) is 6.92 Å². The topological polar surface area (TPSA) is 93.9 Å². The first kappa shape index (κ1) is 13.1. The van der Waals surface area contributed by atoms with E-state index in [-0.39, 0.29) is 5.56 Å². The number of H-pyrrole nitrogens is 1. The molecule has 2 aromatic heterocycles. The summed E-state index contributed by atoms with van der Waals surface area (Å²) in [7, 11) is 0. The number of benzene rings is 1. The van der Waals surface area contributed by atoms with Gasteiger partial charge in [0.15, 0.2) is 5.52 Å². The summed E-state index contributed by atoms with van der Waals surface area (Å²) in [5.41, 5.74) is 7.59. The zero-order valence-corrected chi connectivity index (χ0v) is 11.5. The molecule has 0 unspecified atom stereocenters. The van der Waals surface area contributed by atoms with Gasteiger partial charge in [0, 0.05) is 11.9 Å². The number of nitrogens with zero attached hydrogens (tertiary/aromatic N) is 2. The van der Waals surface area contributed by atoms with Crippen molar-refractivity contribution < 1.29 is 4.74 Å². The molecule has 0 radical (unpaired) electrons. The Labute approximate surface area is 120 Å². The van der Waals surface area contributed by atoms with E-state index in [2.05, 4.69) is 15.0 Å². The molecule has 3 aromatic rings. The number of rotatable bonds is 3. The Bertz CT molecular complexity index is 858.